The number of rotatable bonds is 6. The number of nitrogens with one attached hydrogen (secondary N) is 1. The van der Waals surface area contributed by atoms with Crippen LogP contribution in [0.5, 0.6) is 11.5 Å². The molecule has 4 aromatic rings. The summed E-state index contributed by atoms with van der Waals surface area (Å²) in [6.45, 7) is 4.55. The second-order valence-corrected chi connectivity index (χ2v) is 10.5. The monoisotopic (exact) mass is 544 g/mol. The number of piperazine rings is 1. The minimum Gasteiger partial charge on any atom is -0.457 e. The van der Waals surface area contributed by atoms with Crippen LogP contribution in [0, 0.1) is 5.92 Å². The molecular weight excluding hydrogens is 516 g/mol. The molecule has 2 aromatic heterocycles. The van der Waals surface area contributed by atoms with E-state index in [0.29, 0.717) is 57.6 Å². The lowest BCUT2D eigenvalue weighted by Crippen LogP contribution is -2.49. The van der Waals surface area contributed by atoms with Crippen LogP contribution in [0.25, 0.3) is 11.0 Å². The highest BCUT2D eigenvalue weighted by molar-refractivity contribution is 6.35. The van der Waals surface area contributed by atoms with Crippen LogP contribution in [-0.2, 0) is 4.79 Å². The molecule has 0 spiro atoms. The third-order valence-electron chi connectivity index (χ3n) is 7.51. The number of anilines is 1. The number of H-pyrrole nitrogens is 1. The fourth-order valence-corrected chi connectivity index (χ4v) is 5.57. The molecule has 1 unspecified atom stereocenters. The molecule has 9 nitrogen and oxygen atoms in total. The second-order valence-electron chi connectivity index (χ2n) is 10.1. The molecule has 2 aliphatic heterocycles. The first-order valence-corrected chi connectivity index (χ1v) is 13.5. The van der Waals surface area contributed by atoms with Crippen LogP contribution in [0.15, 0.2) is 61.1 Å². The molecule has 1 N–H and O–H groups in total. The number of para-hydroxylation sites is 1. The highest BCUT2D eigenvalue weighted by Crippen LogP contribution is 2.34. The Morgan fingerprint density at radius 3 is 2.54 bits per heavy atom. The molecule has 0 saturated carbocycles. The maximum Gasteiger partial charge on any atom is 0.227 e. The van der Waals surface area contributed by atoms with Crippen LogP contribution >= 0.6 is 11.6 Å². The number of ketones is 1. The van der Waals surface area contributed by atoms with Gasteiger partial charge < -0.3 is 24.4 Å². The minimum atomic E-state index is -0.238. The molecule has 10 heteroatoms. The number of halogens is 1. The van der Waals surface area contributed by atoms with Crippen molar-refractivity contribution in [1.29, 1.82) is 0 Å². The number of amides is 1. The van der Waals surface area contributed by atoms with Crippen molar-refractivity contribution in [2.45, 2.75) is 6.42 Å². The van der Waals surface area contributed by atoms with E-state index in [9.17, 15) is 9.59 Å². The molecule has 0 bridgehead atoms. The van der Waals surface area contributed by atoms with Gasteiger partial charge in [-0.3, -0.25) is 9.59 Å². The van der Waals surface area contributed by atoms with Crippen LogP contribution in [0.3, 0.4) is 0 Å². The van der Waals surface area contributed by atoms with Crippen molar-refractivity contribution < 1.29 is 14.3 Å². The van der Waals surface area contributed by atoms with Gasteiger partial charge in [0.15, 0.2) is 5.78 Å². The molecule has 6 rings (SSSR count). The standard InChI is InChI=1S/C29H29ClN6O3/c1-34-11-13-35(14-12-34)29(38)19-9-10-36(17-19)28-25-23(16-31-27(25)32-18-33-28)26(37)22-8-7-21(15-24(22)30)39-20-5-3-2-4-6-20/h2-8,15-16,18-19H,9-14,17H2,1H3,(H,31,32,33). The lowest BCUT2D eigenvalue weighted by molar-refractivity contribution is -0.136. The summed E-state index contributed by atoms with van der Waals surface area (Å²) in [4.78, 5) is 45.2. The quantitative estimate of drug-likeness (QED) is 0.363. The predicted molar refractivity (Wildman–Crippen MR) is 150 cm³/mol. The number of aromatic nitrogens is 3. The van der Waals surface area contributed by atoms with Gasteiger partial charge in [0.2, 0.25) is 5.91 Å². The van der Waals surface area contributed by atoms with E-state index in [1.165, 1.54) is 6.33 Å². The Bertz CT molecular complexity index is 1520. The summed E-state index contributed by atoms with van der Waals surface area (Å²) in [5.74, 6) is 1.74. The van der Waals surface area contributed by atoms with Gasteiger partial charge in [-0.2, -0.15) is 0 Å². The SMILES string of the molecule is CN1CCN(C(=O)C2CCN(c3ncnc4[nH]cc(C(=O)c5ccc(Oc6ccccc6)cc5Cl)c34)C2)CC1. The first-order chi connectivity index (χ1) is 19.0. The van der Waals surface area contributed by atoms with Crippen molar-refractivity contribution in [1.82, 2.24) is 24.8 Å². The van der Waals surface area contributed by atoms with E-state index in [2.05, 4.69) is 31.8 Å². The van der Waals surface area contributed by atoms with Gasteiger partial charge in [0.1, 0.15) is 29.3 Å². The van der Waals surface area contributed by atoms with Gasteiger partial charge in [-0.15, -0.1) is 0 Å². The van der Waals surface area contributed by atoms with Crippen LogP contribution in [0.1, 0.15) is 22.3 Å². The van der Waals surface area contributed by atoms with Crippen molar-refractivity contribution in [2.75, 3.05) is 51.2 Å². The number of carbonyl (C=O) groups excluding carboxylic acids is 2. The van der Waals surface area contributed by atoms with Crippen molar-refractivity contribution in [3.63, 3.8) is 0 Å². The maximum absolute atomic E-state index is 13.7. The molecule has 200 valence electrons. The summed E-state index contributed by atoms with van der Waals surface area (Å²) in [7, 11) is 2.08. The van der Waals surface area contributed by atoms with Gasteiger partial charge >= 0.3 is 0 Å². The normalized spacial score (nSPS) is 18.1. The fraction of sp³-hybridized carbons (Fsp3) is 0.310. The summed E-state index contributed by atoms with van der Waals surface area (Å²) < 4.78 is 5.86. The molecule has 2 saturated heterocycles. The van der Waals surface area contributed by atoms with Gasteiger partial charge in [0, 0.05) is 57.1 Å². The van der Waals surface area contributed by atoms with Gasteiger partial charge in [-0.05, 0) is 37.7 Å². The van der Waals surface area contributed by atoms with Crippen molar-refractivity contribution >= 4 is 40.1 Å². The van der Waals surface area contributed by atoms with E-state index in [1.807, 2.05) is 35.2 Å². The first-order valence-electron chi connectivity index (χ1n) is 13.1. The van der Waals surface area contributed by atoms with Crippen LogP contribution in [-0.4, -0.2) is 82.8 Å². The summed E-state index contributed by atoms with van der Waals surface area (Å²) in [6.07, 6.45) is 3.89. The maximum atomic E-state index is 13.7. The lowest BCUT2D eigenvalue weighted by atomic mass is 10.0. The summed E-state index contributed by atoms with van der Waals surface area (Å²) in [5.41, 5.74) is 1.36. The zero-order valence-electron chi connectivity index (χ0n) is 21.6. The summed E-state index contributed by atoms with van der Waals surface area (Å²) >= 11 is 6.56. The first kappa shape index (κ1) is 25.3. The topological polar surface area (TPSA) is 94.7 Å². The Balaban J connectivity index is 1.24. The Morgan fingerprint density at radius 1 is 0.974 bits per heavy atom. The molecule has 1 amide bonds. The van der Waals surface area contributed by atoms with Gasteiger partial charge in [0.05, 0.1) is 21.9 Å². The highest BCUT2D eigenvalue weighted by Gasteiger charge is 2.34. The molecule has 0 radical (unpaired) electrons. The van der Waals surface area contributed by atoms with Crippen molar-refractivity contribution in [3.8, 4) is 11.5 Å². The minimum absolute atomic E-state index is 0.0943. The van der Waals surface area contributed by atoms with Crippen LogP contribution < -0.4 is 9.64 Å². The Morgan fingerprint density at radius 2 is 1.77 bits per heavy atom. The van der Waals surface area contributed by atoms with Crippen LogP contribution in [0.4, 0.5) is 5.82 Å². The molecular formula is C29H29ClN6O3. The smallest absolute Gasteiger partial charge is 0.227 e. The second kappa shape index (κ2) is 10.7. The Hall–Kier alpha value is -3.95. The van der Waals surface area contributed by atoms with Crippen LogP contribution in [0.2, 0.25) is 5.02 Å². The van der Waals surface area contributed by atoms with E-state index in [1.54, 1.807) is 24.4 Å². The van der Waals surface area contributed by atoms with Gasteiger partial charge in [-0.25, -0.2) is 9.97 Å². The number of hydrogen-bond acceptors (Lipinski definition) is 7. The third-order valence-corrected chi connectivity index (χ3v) is 7.82. The highest BCUT2D eigenvalue weighted by atomic mass is 35.5. The van der Waals surface area contributed by atoms with E-state index < -0.39 is 0 Å². The molecule has 4 heterocycles. The third kappa shape index (κ3) is 5.07. The number of ether oxygens (including phenoxy) is 1. The van der Waals surface area contributed by atoms with Crippen molar-refractivity contribution in [3.05, 3.63) is 77.2 Å². The van der Waals surface area contributed by atoms with E-state index in [4.69, 9.17) is 16.3 Å². The number of nitrogens with zero attached hydrogens (tertiary/aromatic N) is 5. The number of aromatic amines is 1. The Labute approximate surface area is 231 Å². The molecule has 1 atom stereocenters. The summed E-state index contributed by atoms with van der Waals surface area (Å²) in [5, 5.41) is 0.927. The molecule has 39 heavy (non-hydrogen) atoms. The van der Waals surface area contributed by atoms with E-state index in [-0.39, 0.29) is 17.6 Å². The number of fused-ring (bicyclic) bond motifs is 1. The number of benzene rings is 2. The van der Waals surface area contributed by atoms with Gasteiger partial charge in [-0.1, -0.05) is 29.8 Å². The number of hydrogen-bond donors (Lipinski definition) is 1. The summed E-state index contributed by atoms with van der Waals surface area (Å²) in [6, 6.07) is 14.4. The van der Waals surface area contributed by atoms with E-state index >= 15 is 0 Å². The predicted octanol–water partition coefficient (Wildman–Crippen LogP) is 4.23. The van der Waals surface area contributed by atoms with Gasteiger partial charge in [0.25, 0.3) is 0 Å². The largest absolute Gasteiger partial charge is 0.457 e. The molecule has 0 aliphatic carbocycles. The zero-order chi connectivity index (χ0) is 26.9. The molecule has 2 fully saturated rings. The molecule has 2 aliphatic rings. The zero-order valence-corrected chi connectivity index (χ0v) is 22.4. The Kier molecular flexibility index (Phi) is 6.93. The van der Waals surface area contributed by atoms with E-state index in [0.717, 1.165) is 32.6 Å². The molecule has 2 aromatic carbocycles. The van der Waals surface area contributed by atoms with Crippen molar-refractivity contribution in [2.24, 2.45) is 5.92 Å². The number of likely N-dealkylation sites (N-methyl/N-ethyl adjacent to an activating group) is 1. The lowest BCUT2D eigenvalue weighted by Gasteiger charge is -2.34. The average Bonchev–Trinajstić information content (AvgIpc) is 3.61. The number of carbonyl (C=O) groups is 2. The fourth-order valence-electron chi connectivity index (χ4n) is 5.32. The average molecular weight is 545 g/mol.